The molecule has 0 saturated heterocycles. The Labute approximate surface area is 74.8 Å². The van der Waals surface area contributed by atoms with Crippen LogP contribution in [0.15, 0.2) is 6.20 Å². The maximum atomic E-state index is 5.37. The van der Waals surface area contributed by atoms with Crippen molar-refractivity contribution in [3.63, 3.8) is 0 Å². The van der Waals surface area contributed by atoms with Crippen LogP contribution in [0.4, 0.5) is 0 Å². The molecule has 0 aliphatic carbocycles. The molecular weight excluding hydrogens is 154 g/mol. The van der Waals surface area contributed by atoms with Gasteiger partial charge in [0.2, 0.25) is 0 Å². The average Bonchev–Trinajstić information content (AvgIpc) is 1.64. The first-order valence-corrected chi connectivity index (χ1v) is 2.60. The van der Waals surface area contributed by atoms with Crippen LogP contribution in [0.2, 0.25) is 10.3 Å². The third kappa shape index (κ3) is 3.07. The van der Waals surface area contributed by atoms with Crippen molar-refractivity contribution >= 4 is 23.2 Å². The summed E-state index contributed by atoms with van der Waals surface area (Å²) in [6.07, 6.45) is 3.76. The van der Waals surface area contributed by atoms with E-state index in [9.17, 15) is 0 Å². The van der Waals surface area contributed by atoms with Crippen molar-refractivity contribution in [1.82, 2.24) is 9.97 Å². The van der Waals surface area contributed by atoms with Gasteiger partial charge in [0, 0.05) is 0 Å². The molecule has 1 aromatic heterocycles. The fourth-order valence-corrected chi connectivity index (χ4v) is 0.603. The Bertz CT molecular complexity index is 176. The maximum Gasteiger partial charge on any atom is 1.00 e. The molecule has 0 bridgehead atoms. The summed E-state index contributed by atoms with van der Waals surface area (Å²) in [5.74, 6) is 0. The standard InChI is InChI=1S/C4HCl2N2.Li/c5-3-1-7-2-4(6)8-3;/h1H;/q-1;+1. The molecule has 0 N–H and O–H groups in total. The van der Waals surface area contributed by atoms with E-state index in [4.69, 9.17) is 23.2 Å². The van der Waals surface area contributed by atoms with Gasteiger partial charge in [-0.3, -0.25) is 4.98 Å². The number of nitrogens with zero attached hydrogens (tertiary/aromatic N) is 2. The molecule has 0 amide bonds. The third-order valence-electron chi connectivity index (χ3n) is 0.533. The van der Waals surface area contributed by atoms with Crippen molar-refractivity contribution in [1.29, 1.82) is 0 Å². The Balaban J connectivity index is 0.000000640. The molecule has 42 valence electrons. The molecule has 0 fully saturated rings. The number of rotatable bonds is 0. The molecular formula is C4HCl2LiN2. The summed E-state index contributed by atoms with van der Waals surface area (Å²) in [5.41, 5.74) is 0. The van der Waals surface area contributed by atoms with Gasteiger partial charge in [-0.25, -0.2) is 0 Å². The Hall–Kier alpha value is 0.257. The fourth-order valence-electron chi connectivity index (χ4n) is 0.286. The number of hydrogen-bond acceptors (Lipinski definition) is 2. The molecule has 0 atom stereocenters. The van der Waals surface area contributed by atoms with E-state index in [1.54, 1.807) is 0 Å². The van der Waals surface area contributed by atoms with E-state index in [2.05, 4.69) is 16.2 Å². The van der Waals surface area contributed by atoms with Gasteiger partial charge in [-0.1, -0.05) is 29.4 Å². The summed E-state index contributed by atoms with van der Waals surface area (Å²) in [4.78, 5) is 7.12. The van der Waals surface area contributed by atoms with Crippen molar-refractivity contribution in [2.45, 2.75) is 0 Å². The second-order valence-corrected chi connectivity index (χ2v) is 1.84. The summed E-state index contributed by atoms with van der Waals surface area (Å²) in [7, 11) is 0. The summed E-state index contributed by atoms with van der Waals surface area (Å²) in [6.45, 7) is 0. The van der Waals surface area contributed by atoms with Gasteiger partial charge in [0.05, 0.1) is 10.3 Å². The van der Waals surface area contributed by atoms with Gasteiger partial charge in [0.1, 0.15) is 0 Å². The van der Waals surface area contributed by atoms with Crippen molar-refractivity contribution < 1.29 is 18.9 Å². The Morgan fingerprint density at radius 3 is 2.44 bits per heavy atom. The monoisotopic (exact) mass is 154 g/mol. The molecule has 1 rings (SSSR count). The summed E-state index contributed by atoms with van der Waals surface area (Å²) in [6, 6.07) is 0. The number of hydrogen-bond donors (Lipinski definition) is 0. The van der Waals surface area contributed by atoms with E-state index in [-0.39, 0.29) is 29.2 Å². The normalized spacial score (nSPS) is 8.22. The van der Waals surface area contributed by atoms with Crippen LogP contribution in [-0.4, -0.2) is 9.97 Å². The van der Waals surface area contributed by atoms with Crippen LogP contribution < -0.4 is 18.9 Å². The Morgan fingerprint density at radius 1 is 1.44 bits per heavy atom. The quantitative estimate of drug-likeness (QED) is 0.339. The molecule has 9 heavy (non-hydrogen) atoms. The first kappa shape index (κ1) is 9.26. The Kier molecular flexibility index (Phi) is 4.25. The number of aromatic nitrogens is 2. The molecule has 0 saturated carbocycles. The third-order valence-corrected chi connectivity index (χ3v) is 0.884. The first-order valence-electron chi connectivity index (χ1n) is 1.85. The SMILES string of the molecule is Clc1[c-]ncc(Cl)n1.[Li+]. The van der Waals surface area contributed by atoms with Crippen LogP contribution in [0, 0.1) is 6.20 Å². The van der Waals surface area contributed by atoms with Gasteiger partial charge in [-0.05, 0) is 0 Å². The van der Waals surface area contributed by atoms with E-state index in [1.807, 2.05) is 0 Å². The fraction of sp³-hybridized carbons (Fsp3) is 0. The molecule has 0 radical (unpaired) electrons. The minimum atomic E-state index is 0. The molecule has 0 unspecified atom stereocenters. The predicted molar refractivity (Wildman–Crippen MR) is 30.9 cm³/mol. The Morgan fingerprint density at radius 2 is 2.11 bits per heavy atom. The minimum absolute atomic E-state index is 0. The van der Waals surface area contributed by atoms with Crippen molar-refractivity contribution in [3.05, 3.63) is 22.7 Å². The van der Waals surface area contributed by atoms with Crippen LogP contribution in [-0.2, 0) is 0 Å². The van der Waals surface area contributed by atoms with Gasteiger partial charge in [0.25, 0.3) is 0 Å². The molecule has 2 nitrogen and oxygen atoms in total. The zero-order chi connectivity index (χ0) is 5.98. The molecule has 1 heterocycles. The van der Waals surface area contributed by atoms with Crippen LogP contribution in [0.1, 0.15) is 0 Å². The van der Waals surface area contributed by atoms with Crippen molar-refractivity contribution in [2.75, 3.05) is 0 Å². The topological polar surface area (TPSA) is 25.8 Å². The van der Waals surface area contributed by atoms with E-state index in [0.717, 1.165) is 0 Å². The summed E-state index contributed by atoms with van der Waals surface area (Å²) < 4.78 is 0. The van der Waals surface area contributed by atoms with Gasteiger partial charge in [-0.2, -0.15) is 0 Å². The molecule has 0 spiro atoms. The second-order valence-electron chi connectivity index (χ2n) is 1.10. The van der Waals surface area contributed by atoms with E-state index >= 15 is 0 Å². The van der Waals surface area contributed by atoms with Gasteiger partial charge >= 0.3 is 18.9 Å². The first-order chi connectivity index (χ1) is 3.79. The molecule has 5 heteroatoms. The van der Waals surface area contributed by atoms with Crippen LogP contribution >= 0.6 is 23.2 Å². The average molecular weight is 155 g/mol. The van der Waals surface area contributed by atoms with Crippen LogP contribution in [0.3, 0.4) is 0 Å². The smallest absolute Gasteiger partial charge is 0.453 e. The maximum absolute atomic E-state index is 5.37. The van der Waals surface area contributed by atoms with E-state index in [1.165, 1.54) is 6.20 Å². The molecule has 0 aliphatic heterocycles. The minimum Gasteiger partial charge on any atom is -0.453 e. The van der Waals surface area contributed by atoms with E-state index in [0.29, 0.717) is 0 Å². The number of halogens is 2. The molecule has 0 aromatic carbocycles. The van der Waals surface area contributed by atoms with Crippen molar-refractivity contribution in [2.24, 2.45) is 0 Å². The van der Waals surface area contributed by atoms with Crippen LogP contribution in [0.5, 0.6) is 0 Å². The largest absolute Gasteiger partial charge is 1.00 e. The zero-order valence-electron chi connectivity index (χ0n) is 4.73. The second kappa shape index (κ2) is 4.13. The van der Waals surface area contributed by atoms with Gasteiger partial charge in [-0.15, -0.1) is 6.20 Å². The van der Waals surface area contributed by atoms with Crippen molar-refractivity contribution in [3.8, 4) is 0 Å². The zero-order valence-corrected chi connectivity index (χ0v) is 6.24. The van der Waals surface area contributed by atoms with Crippen LogP contribution in [0.25, 0.3) is 0 Å². The molecule has 0 aliphatic rings. The van der Waals surface area contributed by atoms with E-state index < -0.39 is 0 Å². The molecule has 1 aromatic rings. The predicted octanol–water partition coefficient (Wildman–Crippen LogP) is -1.41. The van der Waals surface area contributed by atoms with Gasteiger partial charge < -0.3 is 4.98 Å². The van der Waals surface area contributed by atoms with Gasteiger partial charge in [0.15, 0.2) is 0 Å². The summed E-state index contributed by atoms with van der Waals surface area (Å²) in [5, 5.41) is 0.478. The summed E-state index contributed by atoms with van der Waals surface area (Å²) >= 11 is 10.7.